The molecule has 0 aromatic carbocycles. The van der Waals surface area contributed by atoms with Gasteiger partial charge in [-0.15, -0.1) is 10.2 Å². The zero-order chi connectivity index (χ0) is 9.80. The standard InChI is InChI=1S/C7H13N7/c1-6-4-9-7(12-6)8-2-3-14-11-5-10-13-14/h5-6H,2-4H2,1H3,(H2,8,9,12). The number of tetrazole rings is 1. The Bertz CT molecular complexity index is 304. The fourth-order valence-electron chi connectivity index (χ4n) is 1.23. The normalized spacial score (nSPS) is 20.4. The van der Waals surface area contributed by atoms with Crippen molar-refractivity contribution in [2.24, 2.45) is 4.99 Å². The van der Waals surface area contributed by atoms with Gasteiger partial charge in [-0.05, 0) is 12.1 Å². The first-order chi connectivity index (χ1) is 6.84. The summed E-state index contributed by atoms with van der Waals surface area (Å²) in [7, 11) is 0. The fourth-order valence-corrected chi connectivity index (χ4v) is 1.23. The van der Waals surface area contributed by atoms with Gasteiger partial charge in [-0.1, -0.05) is 0 Å². The van der Waals surface area contributed by atoms with Gasteiger partial charge >= 0.3 is 0 Å². The Labute approximate surface area is 81.6 Å². The monoisotopic (exact) mass is 195 g/mol. The first-order valence-electron chi connectivity index (χ1n) is 4.60. The quantitative estimate of drug-likeness (QED) is 0.620. The van der Waals surface area contributed by atoms with Crippen LogP contribution in [-0.4, -0.2) is 45.3 Å². The minimum Gasteiger partial charge on any atom is -0.354 e. The molecule has 0 fully saturated rings. The summed E-state index contributed by atoms with van der Waals surface area (Å²) in [6.07, 6.45) is 1.42. The zero-order valence-corrected chi connectivity index (χ0v) is 8.01. The Morgan fingerprint density at radius 1 is 1.71 bits per heavy atom. The molecule has 0 bridgehead atoms. The van der Waals surface area contributed by atoms with Gasteiger partial charge in [0.2, 0.25) is 0 Å². The van der Waals surface area contributed by atoms with E-state index in [2.05, 4.69) is 38.0 Å². The average Bonchev–Trinajstić information content (AvgIpc) is 2.77. The van der Waals surface area contributed by atoms with E-state index < -0.39 is 0 Å². The summed E-state index contributed by atoms with van der Waals surface area (Å²) < 4.78 is 0. The Balaban J connectivity index is 1.69. The van der Waals surface area contributed by atoms with E-state index in [0.717, 1.165) is 19.0 Å². The predicted octanol–water partition coefficient (Wildman–Crippen LogP) is -1.39. The predicted molar refractivity (Wildman–Crippen MR) is 50.7 cm³/mol. The molecule has 1 aromatic heterocycles. The molecule has 1 aliphatic heterocycles. The molecule has 76 valence electrons. The highest BCUT2D eigenvalue weighted by atomic mass is 15.6. The topological polar surface area (TPSA) is 80.0 Å². The minimum absolute atomic E-state index is 0.432. The van der Waals surface area contributed by atoms with Crippen molar-refractivity contribution in [1.29, 1.82) is 0 Å². The second-order valence-electron chi connectivity index (χ2n) is 3.19. The highest BCUT2D eigenvalue weighted by molar-refractivity contribution is 5.81. The van der Waals surface area contributed by atoms with Crippen molar-refractivity contribution < 1.29 is 0 Å². The van der Waals surface area contributed by atoms with E-state index >= 15 is 0 Å². The van der Waals surface area contributed by atoms with Crippen molar-refractivity contribution in [2.45, 2.75) is 19.5 Å². The van der Waals surface area contributed by atoms with Crippen LogP contribution < -0.4 is 10.6 Å². The van der Waals surface area contributed by atoms with Crippen molar-refractivity contribution in [3.8, 4) is 0 Å². The molecule has 1 atom stereocenters. The lowest BCUT2D eigenvalue weighted by Gasteiger charge is -2.07. The maximum atomic E-state index is 4.26. The second-order valence-corrected chi connectivity index (χ2v) is 3.19. The molecule has 1 unspecified atom stereocenters. The third-order valence-electron chi connectivity index (χ3n) is 1.90. The molecule has 0 spiro atoms. The van der Waals surface area contributed by atoms with Gasteiger partial charge in [0, 0.05) is 12.6 Å². The third kappa shape index (κ3) is 2.18. The van der Waals surface area contributed by atoms with E-state index in [0.29, 0.717) is 12.6 Å². The smallest absolute Gasteiger partial charge is 0.191 e. The van der Waals surface area contributed by atoms with Crippen molar-refractivity contribution in [1.82, 2.24) is 30.8 Å². The van der Waals surface area contributed by atoms with Crippen LogP contribution in [0.3, 0.4) is 0 Å². The number of nitrogens with one attached hydrogen (secondary N) is 2. The third-order valence-corrected chi connectivity index (χ3v) is 1.90. The number of guanidine groups is 1. The van der Waals surface area contributed by atoms with Crippen LogP contribution in [0.1, 0.15) is 6.92 Å². The Hall–Kier alpha value is -1.66. The van der Waals surface area contributed by atoms with Gasteiger partial charge in [-0.2, -0.15) is 4.80 Å². The zero-order valence-electron chi connectivity index (χ0n) is 8.01. The number of hydrogen-bond acceptors (Lipinski definition) is 6. The summed E-state index contributed by atoms with van der Waals surface area (Å²) in [5.41, 5.74) is 0. The molecule has 7 heteroatoms. The van der Waals surface area contributed by atoms with Gasteiger partial charge in [0.05, 0.1) is 13.1 Å². The van der Waals surface area contributed by atoms with Crippen LogP contribution in [0, 0.1) is 0 Å². The van der Waals surface area contributed by atoms with E-state index in [4.69, 9.17) is 0 Å². The highest BCUT2D eigenvalue weighted by Gasteiger charge is 2.10. The molecule has 7 nitrogen and oxygen atoms in total. The van der Waals surface area contributed by atoms with E-state index in [9.17, 15) is 0 Å². The lowest BCUT2D eigenvalue weighted by Crippen LogP contribution is -2.39. The second kappa shape index (κ2) is 4.03. The largest absolute Gasteiger partial charge is 0.354 e. The number of hydrogen-bond donors (Lipinski definition) is 2. The van der Waals surface area contributed by atoms with Crippen LogP contribution in [0.2, 0.25) is 0 Å². The molecule has 0 saturated heterocycles. The molecule has 2 heterocycles. The Kier molecular flexibility index (Phi) is 2.57. The van der Waals surface area contributed by atoms with E-state index in [-0.39, 0.29) is 0 Å². The molecule has 2 N–H and O–H groups in total. The molecule has 0 radical (unpaired) electrons. The molecule has 1 aromatic rings. The van der Waals surface area contributed by atoms with Crippen LogP contribution in [0.5, 0.6) is 0 Å². The van der Waals surface area contributed by atoms with Crippen molar-refractivity contribution >= 4 is 5.96 Å². The summed E-state index contributed by atoms with van der Waals surface area (Å²) in [6, 6.07) is 0.432. The summed E-state index contributed by atoms with van der Waals surface area (Å²) in [5.74, 6) is 0.859. The minimum atomic E-state index is 0.432. The summed E-state index contributed by atoms with van der Waals surface area (Å²) in [5, 5.41) is 17.6. The van der Waals surface area contributed by atoms with E-state index in [1.165, 1.54) is 11.1 Å². The maximum absolute atomic E-state index is 4.26. The Morgan fingerprint density at radius 3 is 3.29 bits per heavy atom. The van der Waals surface area contributed by atoms with Crippen molar-refractivity contribution in [3.05, 3.63) is 6.33 Å². The van der Waals surface area contributed by atoms with Crippen molar-refractivity contribution in [3.63, 3.8) is 0 Å². The molecule has 0 saturated carbocycles. The maximum Gasteiger partial charge on any atom is 0.191 e. The van der Waals surface area contributed by atoms with Crippen molar-refractivity contribution in [2.75, 3.05) is 13.1 Å². The average molecular weight is 195 g/mol. The molecule has 1 aliphatic rings. The highest BCUT2D eigenvalue weighted by Crippen LogP contribution is 1.91. The van der Waals surface area contributed by atoms with E-state index in [1.807, 2.05) is 0 Å². The van der Waals surface area contributed by atoms with Gasteiger partial charge in [-0.25, -0.2) is 0 Å². The van der Waals surface area contributed by atoms with Crippen LogP contribution in [0.15, 0.2) is 11.3 Å². The number of aliphatic imine (C=N–C) groups is 1. The van der Waals surface area contributed by atoms with Crippen LogP contribution in [0.25, 0.3) is 0 Å². The SMILES string of the molecule is CC1CN=C(NCCn2ncnn2)N1. The molecule has 0 aliphatic carbocycles. The summed E-state index contributed by atoms with van der Waals surface area (Å²) in [4.78, 5) is 5.80. The molecule has 14 heavy (non-hydrogen) atoms. The molecule has 0 amide bonds. The van der Waals surface area contributed by atoms with Gasteiger partial charge < -0.3 is 10.6 Å². The molecular weight excluding hydrogens is 182 g/mol. The molecular formula is C7H13N7. The van der Waals surface area contributed by atoms with Gasteiger partial charge in [-0.3, -0.25) is 4.99 Å². The first-order valence-corrected chi connectivity index (χ1v) is 4.60. The van der Waals surface area contributed by atoms with Crippen LogP contribution in [0.4, 0.5) is 0 Å². The first kappa shape index (κ1) is 8.92. The lowest BCUT2D eigenvalue weighted by atomic mass is 10.4. The molecule has 2 rings (SSSR count). The lowest BCUT2D eigenvalue weighted by molar-refractivity contribution is 0.516. The van der Waals surface area contributed by atoms with Crippen LogP contribution in [-0.2, 0) is 6.54 Å². The number of aromatic nitrogens is 4. The summed E-state index contributed by atoms with van der Waals surface area (Å²) >= 11 is 0. The Morgan fingerprint density at radius 2 is 2.64 bits per heavy atom. The fraction of sp³-hybridized carbons (Fsp3) is 0.714. The number of nitrogens with zero attached hydrogens (tertiary/aromatic N) is 5. The van der Waals surface area contributed by atoms with Gasteiger partial charge in [0.1, 0.15) is 0 Å². The van der Waals surface area contributed by atoms with Gasteiger partial charge in [0.25, 0.3) is 0 Å². The van der Waals surface area contributed by atoms with E-state index in [1.54, 1.807) is 0 Å². The summed E-state index contributed by atoms with van der Waals surface area (Å²) in [6.45, 7) is 4.37. The number of rotatable bonds is 3. The van der Waals surface area contributed by atoms with Crippen LogP contribution >= 0.6 is 0 Å². The van der Waals surface area contributed by atoms with Gasteiger partial charge in [0.15, 0.2) is 12.3 Å².